The minimum absolute atomic E-state index is 0.0323. The van der Waals surface area contributed by atoms with Gasteiger partial charge in [0.25, 0.3) is 0 Å². The van der Waals surface area contributed by atoms with Crippen LogP contribution in [0.1, 0.15) is 24.0 Å². The van der Waals surface area contributed by atoms with Gasteiger partial charge in [-0.1, -0.05) is 36.4 Å². The summed E-state index contributed by atoms with van der Waals surface area (Å²) in [5.41, 5.74) is 4.12. The molecule has 1 atom stereocenters. The molecule has 1 aliphatic rings. The average molecular weight is 390 g/mol. The zero-order valence-electron chi connectivity index (χ0n) is 16.1. The van der Waals surface area contributed by atoms with Gasteiger partial charge < -0.3 is 5.32 Å². The Bertz CT molecular complexity index is 945. The molecule has 1 amide bonds. The van der Waals surface area contributed by atoms with Gasteiger partial charge in [-0.25, -0.2) is 14.4 Å². The van der Waals surface area contributed by atoms with Crippen molar-refractivity contribution in [2.24, 2.45) is 0 Å². The van der Waals surface area contributed by atoms with Crippen LogP contribution in [-0.2, 0) is 17.9 Å². The van der Waals surface area contributed by atoms with E-state index in [0.29, 0.717) is 6.54 Å². The van der Waals surface area contributed by atoms with Crippen LogP contribution < -0.4 is 5.32 Å². The smallest absolute Gasteiger partial charge is 0.237 e. The highest BCUT2D eigenvalue weighted by atomic mass is 19.1. The van der Waals surface area contributed by atoms with Gasteiger partial charge in [0.05, 0.1) is 6.04 Å². The number of aromatic nitrogens is 2. The predicted molar refractivity (Wildman–Crippen MR) is 109 cm³/mol. The molecule has 1 fully saturated rings. The first-order valence-electron chi connectivity index (χ1n) is 9.79. The third kappa shape index (κ3) is 4.84. The largest absolute Gasteiger partial charge is 0.351 e. The van der Waals surface area contributed by atoms with E-state index >= 15 is 0 Å². The van der Waals surface area contributed by atoms with E-state index in [0.717, 1.165) is 42.6 Å². The highest BCUT2D eigenvalue weighted by Crippen LogP contribution is 2.23. The molecule has 1 aliphatic heterocycles. The van der Waals surface area contributed by atoms with Crippen LogP contribution >= 0.6 is 0 Å². The molecule has 6 heteroatoms. The molecular weight excluding hydrogens is 367 g/mol. The van der Waals surface area contributed by atoms with Crippen molar-refractivity contribution in [1.82, 2.24) is 20.2 Å². The molecule has 0 aliphatic carbocycles. The molecule has 1 N–H and O–H groups in total. The van der Waals surface area contributed by atoms with E-state index in [2.05, 4.69) is 44.5 Å². The Kier molecular flexibility index (Phi) is 5.91. The summed E-state index contributed by atoms with van der Waals surface area (Å²) in [4.78, 5) is 23.0. The summed E-state index contributed by atoms with van der Waals surface area (Å²) in [5, 5.41) is 2.99. The second kappa shape index (κ2) is 8.92. The van der Waals surface area contributed by atoms with Crippen LogP contribution in [0.3, 0.4) is 0 Å². The van der Waals surface area contributed by atoms with E-state index < -0.39 is 0 Å². The van der Waals surface area contributed by atoms with E-state index in [1.54, 1.807) is 24.5 Å². The number of nitrogens with zero attached hydrogens (tertiary/aromatic N) is 3. The summed E-state index contributed by atoms with van der Waals surface area (Å²) >= 11 is 0. The van der Waals surface area contributed by atoms with Crippen LogP contribution in [0.25, 0.3) is 11.1 Å². The second-order valence-electron chi connectivity index (χ2n) is 7.30. The van der Waals surface area contributed by atoms with E-state index in [1.807, 2.05) is 0 Å². The quantitative estimate of drug-likeness (QED) is 0.699. The first-order chi connectivity index (χ1) is 14.2. The maximum atomic E-state index is 13.0. The standard InChI is InChI=1S/C23H23FN4O/c24-21-9-5-17(6-10-21)12-27-23(29)22-2-1-11-28(22)15-18-3-7-19(8-4-18)20-13-25-16-26-14-20/h3-10,13-14,16,22H,1-2,11-12,15H2,(H,27,29). The summed E-state index contributed by atoms with van der Waals surface area (Å²) < 4.78 is 13.0. The second-order valence-corrected chi connectivity index (χ2v) is 7.30. The molecule has 0 bridgehead atoms. The lowest BCUT2D eigenvalue weighted by Crippen LogP contribution is -2.42. The highest BCUT2D eigenvalue weighted by Gasteiger charge is 2.30. The van der Waals surface area contributed by atoms with Gasteiger partial charge >= 0.3 is 0 Å². The SMILES string of the molecule is O=C(NCc1ccc(F)cc1)C1CCCN1Cc1ccc(-c2cncnc2)cc1. The zero-order valence-corrected chi connectivity index (χ0v) is 16.1. The molecule has 5 nitrogen and oxygen atoms in total. The molecule has 29 heavy (non-hydrogen) atoms. The fraction of sp³-hybridized carbons (Fsp3) is 0.261. The van der Waals surface area contributed by atoms with Crippen molar-refractivity contribution in [2.75, 3.05) is 6.54 Å². The first kappa shape index (κ1) is 19.2. The van der Waals surface area contributed by atoms with Crippen LogP contribution in [0, 0.1) is 5.82 Å². The van der Waals surface area contributed by atoms with E-state index in [-0.39, 0.29) is 17.8 Å². The molecular formula is C23H23FN4O. The number of hydrogen-bond acceptors (Lipinski definition) is 4. The number of benzene rings is 2. The van der Waals surface area contributed by atoms with Gasteiger partial charge in [0.15, 0.2) is 0 Å². The third-order valence-corrected chi connectivity index (χ3v) is 5.28. The Balaban J connectivity index is 1.35. The molecule has 3 aromatic rings. The molecule has 148 valence electrons. The van der Waals surface area contributed by atoms with Crippen LogP contribution in [0.4, 0.5) is 4.39 Å². The lowest BCUT2D eigenvalue weighted by atomic mass is 10.1. The van der Waals surface area contributed by atoms with Crippen molar-refractivity contribution in [3.63, 3.8) is 0 Å². The number of likely N-dealkylation sites (tertiary alicyclic amines) is 1. The van der Waals surface area contributed by atoms with E-state index in [9.17, 15) is 9.18 Å². The third-order valence-electron chi connectivity index (χ3n) is 5.28. The number of amides is 1. The fourth-order valence-electron chi connectivity index (χ4n) is 3.71. The molecule has 0 spiro atoms. The lowest BCUT2D eigenvalue weighted by Gasteiger charge is -2.24. The van der Waals surface area contributed by atoms with E-state index in [4.69, 9.17) is 0 Å². The minimum Gasteiger partial charge on any atom is -0.351 e. The summed E-state index contributed by atoms with van der Waals surface area (Å²) in [7, 11) is 0. The van der Waals surface area contributed by atoms with Crippen molar-refractivity contribution < 1.29 is 9.18 Å². The summed E-state index contributed by atoms with van der Waals surface area (Å²) in [6.45, 7) is 2.06. The van der Waals surface area contributed by atoms with Crippen molar-refractivity contribution in [2.45, 2.75) is 32.0 Å². The molecule has 1 aromatic heterocycles. The van der Waals surface area contributed by atoms with Crippen molar-refractivity contribution in [3.8, 4) is 11.1 Å². The van der Waals surface area contributed by atoms with Gasteiger partial charge in [-0.2, -0.15) is 0 Å². The van der Waals surface area contributed by atoms with Crippen molar-refractivity contribution in [3.05, 3.63) is 84.2 Å². The number of rotatable bonds is 6. The van der Waals surface area contributed by atoms with Gasteiger partial charge in [-0.15, -0.1) is 0 Å². The summed E-state index contributed by atoms with van der Waals surface area (Å²) in [5.74, 6) is -0.238. The molecule has 1 saturated heterocycles. The Morgan fingerprint density at radius 1 is 1.00 bits per heavy atom. The van der Waals surface area contributed by atoms with Crippen molar-refractivity contribution in [1.29, 1.82) is 0 Å². The molecule has 0 saturated carbocycles. The molecule has 4 rings (SSSR count). The Hall–Kier alpha value is -3.12. The molecule has 1 unspecified atom stereocenters. The summed E-state index contributed by atoms with van der Waals surface area (Å²) in [6.07, 6.45) is 6.98. The molecule has 0 radical (unpaired) electrons. The fourth-order valence-corrected chi connectivity index (χ4v) is 3.71. The van der Waals surface area contributed by atoms with Gasteiger partial charge in [-0.05, 0) is 48.2 Å². The minimum atomic E-state index is -0.271. The number of halogens is 1. The molecule has 2 heterocycles. The van der Waals surface area contributed by atoms with E-state index in [1.165, 1.54) is 24.0 Å². The molecule has 2 aromatic carbocycles. The maximum Gasteiger partial charge on any atom is 0.237 e. The van der Waals surface area contributed by atoms with Gasteiger partial charge in [0, 0.05) is 31.0 Å². The van der Waals surface area contributed by atoms with Gasteiger partial charge in [0.2, 0.25) is 5.91 Å². The Morgan fingerprint density at radius 2 is 1.69 bits per heavy atom. The Labute approximate surface area is 169 Å². The normalized spacial score (nSPS) is 16.7. The average Bonchev–Trinajstić information content (AvgIpc) is 3.22. The van der Waals surface area contributed by atoms with Crippen LogP contribution in [0.15, 0.2) is 67.3 Å². The number of carbonyl (C=O) groups is 1. The first-order valence-corrected chi connectivity index (χ1v) is 9.79. The maximum absolute atomic E-state index is 13.0. The lowest BCUT2D eigenvalue weighted by molar-refractivity contribution is -0.125. The van der Waals surface area contributed by atoms with Crippen LogP contribution in [0.2, 0.25) is 0 Å². The summed E-state index contributed by atoms with van der Waals surface area (Å²) in [6, 6.07) is 14.4. The highest BCUT2D eigenvalue weighted by molar-refractivity contribution is 5.82. The van der Waals surface area contributed by atoms with Crippen LogP contribution in [-0.4, -0.2) is 33.4 Å². The van der Waals surface area contributed by atoms with Gasteiger partial charge in [-0.3, -0.25) is 9.69 Å². The number of hydrogen-bond donors (Lipinski definition) is 1. The predicted octanol–water partition coefficient (Wildman–Crippen LogP) is 3.56. The number of nitrogens with one attached hydrogen (secondary N) is 1. The number of carbonyl (C=O) groups excluding carboxylic acids is 1. The van der Waals surface area contributed by atoms with Crippen molar-refractivity contribution >= 4 is 5.91 Å². The Morgan fingerprint density at radius 3 is 2.41 bits per heavy atom. The monoisotopic (exact) mass is 390 g/mol. The zero-order chi connectivity index (χ0) is 20.1. The van der Waals surface area contributed by atoms with Crippen LogP contribution in [0.5, 0.6) is 0 Å². The van der Waals surface area contributed by atoms with Gasteiger partial charge in [0.1, 0.15) is 12.1 Å². The topological polar surface area (TPSA) is 58.1 Å².